The second-order valence-electron chi connectivity index (χ2n) is 6.98. The number of hydrogen-bond donors (Lipinski definition) is 2. The van der Waals surface area contributed by atoms with Crippen LogP contribution in [0.5, 0.6) is 17.2 Å². The molecule has 1 amide bonds. The van der Waals surface area contributed by atoms with E-state index < -0.39 is 16.1 Å². The Morgan fingerprint density at radius 2 is 1.93 bits per heavy atom. The molecule has 1 saturated heterocycles. The van der Waals surface area contributed by atoms with Crippen molar-refractivity contribution in [2.75, 3.05) is 36.5 Å². The predicted octanol–water partition coefficient (Wildman–Crippen LogP) is 1.12. The number of anilines is 1. The molecule has 160 valence electrons. The highest BCUT2D eigenvalue weighted by atomic mass is 32.2. The first-order valence-electron chi connectivity index (χ1n) is 9.51. The van der Waals surface area contributed by atoms with E-state index in [-0.39, 0.29) is 31.6 Å². The SMILES string of the molecule is O=C(NCC(O)COc1ccc2c(c1)OCO2)c1ccc(N2CCCS2(=O)=O)cc1. The minimum absolute atomic E-state index is 0.00560. The summed E-state index contributed by atoms with van der Waals surface area (Å²) in [4.78, 5) is 12.3. The van der Waals surface area contributed by atoms with Crippen molar-refractivity contribution in [3.8, 4) is 17.2 Å². The van der Waals surface area contributed by atoms with Gasteiger partial charge in [0, 0.05) is 24.7 Å². The Morgan fingerprint density at radius 1 is 1.17 bits per heavy atom. The molecule has 10 heteroatoms. The van der Waals surface area contributed by atoms with E-state index in [1.807, 2.05) is 0 Å². The average molecular weight is 434 g/mol. The summed E-state index contributed by atoms with van der Waals surface area (Å²) >= 11 is 0. The number of carbonyl (C=O) groups is 1. The number of nitrogens with zero attached hydrogens (tertiary/aromatic N) is 1. The Balaban J connectivity index is 1.26. The van der Waals surface area contributed by atoms with Crippen LogP contribution in [0.2, 0.25) is 0 Å². The lowest BCUT2D eigenvalue weighted by atomic mass is 10.2. The van der Waals surface area contributed by atoms with Gasteiger partial charge in [0.25, 0.3) is 5.91 Å². The van der Waals surface area contributed by atoms with Crippen LogP contribution in [-0.4, -0.2) is 57.8 Å². The number of rotatable bonds is 7. The van der Waals surface area contributed by atoms with Crippen LogP contribution in [0, 0.1) is 0 Å². The summed E-state index contributed by atoms with van der Waals surface area (Å²) < 4.78 is 41.3. The Bertz CT molecular complexity index is 1020. The zero-order valence-corrected chi connectivity index (χ0v) is 16.9. The van der Waals surface area contributed by atoms with Crippen LogP contribution in [0.1, 0.15) is 16.8 Å². The van der Waals surface area contributed by atoms with E-state index >= 15 is 0 Å². The normalized spacial score (nSPS) is 17.6. The molecule has 2 aliphatic rings. The van der Waals surface area contributed by atoms with Gasteiger partial charge in [-0.1, -0.05) is 0 Å². The molecular formula is C20H22N2O7S. The molecule has 1 fully saturated rings. The molecule has 1 atom stereocenters. The van der Waals surface area contributed by atoms with E-state index in [1.165, 1.54) is 4.31 Å². The second kappa shape index (κ2) is 8.41. The third-order valence-corrected chi connectivity index (χ3v) is 6.67. The monoisotopic (exact) mass is 434 g/mol. The van der Waals surface area contributed by atoms with Crippen molar-refractivity contribution < 1.29 is 32.5 Å². The number of aliphatic hydroxyl groups excluding tert-OH is 1. The van der Waals surface area contributed by atoms with Gasteiger partial charge in [-0.15, -0.1) is 0 Å². The van der Waals surface area contributed by atoms with Gasteiger partial charge in [0.1, 0.15) is 18.5 Å². The molecule has 9 nitrogen and oxygen atoms in total. The number of fused-ring (bicyclic) bond motifs is 1. The van der Waals surface area contributed by atoms with Gasteiger partial charge < -0.3 is 24.6 Å². The van der Waals surface area contributed by atoms with Gasteiger partial charge in [-0.3, -0.25) is 9.10 Å². The lowest BCUT2D eigenvalue weighted by Crippen LogP contribution is -2.35. The number of carbonyl (C=O) groups excluding carboxylic acids is 1. The van der Waals surface area contributed by atoms with Gasteiger partial charge in [-0.25, -0.2) is 8.42 Å². The molecule has 0 saturated carbocycles. The Morgan fingerprint density at radius 3 is 2.67 bits per heavy atom. The number of ether oxygens (including phenoxy) is 3. The molecule has 4 rings (SSSR count). The largest absolute Gasteiger partial charge is 0.491 e. The van der Waals surface area contributed by atoms with Gasteiger partial charge in [0.2, 0.25) is 16.8 Å². The van der Waals surface area contributed by atoms with Crippen molar-refractivity contribution in [3.63, 3.8) is 0 Å². The van der Waals surface area contributed by atoms with Gasteiger partial charge >= 0.3 is 0 Å². The first kappa shape index (κ1) is 20.3. The summed E-state index contributed by atoms with van der Waals surface area (Å²) in [7, 11) is -3.26. The average Bonchev–Trinajstić information content (AvgIpc) is 3.35. The zero-order valence-electron chi connectivity index (χ0n) is 16.1. The molecule has 2 N–H and O–H groups in total. The quantitative estimate of drug-likeness (QED) is 0.671. The van der Waals surface area contributed by atoms with Crippen molar-refractivity contribution >= 4 is 21.6 Å². The van der Waals surface area contributed by atoms with Crippen molar-refractivity contribution in [2.24, 2.45) is 0 Å². The summed E-state index contributed by atoms with van der Waals surface area (Å²) in [6, 6.07) is 11.5. The van der Waals surface area contributed by atoms with Crippen LogP contribution in [0.3, 0.4) is 0 Å². The summed E-state index contributed by atoms with van der Waals surface area (Å²) in [5.74, 6) is 1.52. The number of amides is 1. The highest BCUT2D eigenvalue weighted by Crippen LogP contribution is 2.35. The summed E-state index contributed by atoms with van der Waals surface area (Å²) in [5, 5.41) is 12.7. The van der Waals surface area contributed by atoms with Crippen LogP contribution in [0.25, 0.3) is 0 Å². The molecule has 2 aromatic rings. The third-order valence-electron chi connectivity index (χ3n) is 4.80. The summed E-state index contributed by atoms with van der Waals surface area (Å²) in [6.07, 6.45) is -0.315. The molecular weight excluding hydrogens is 412 g/mol. The molecule has 30 heavy (non-hydrogen) atoms. The fourth-order valence-corrected chi connectivity index (χ4v) is 4.80. The van der Waals surface area contributed by atoms with E-state index in [1.54, 1.807) is 42.5 Å². The minimum atomic E-state index is -3.26. The maximum Gasteiger partial charge on any atom is 0.251 e. The maximum absolute atomic E-state index is 12.3. The van der Waals surface area contributed by atoms with Crippen LogP contribution >= 0.6 is 0 Å². The lowest BCUT2D eigenvalue weighted by molar-refractivity contribution is 0.0843. The van der Waals surface area contributed by atoms with E-state index in [9.17, 15) is 18.3 Å². The van der Waals surface area contributed by atoms with Gasteiger partial charge in [-0.05, 0) is 42.8 Å². The predicted molar refractivity (Wildman–Crippen MR) is 109 cm³/mol. The standard InChI is InChI=1S/C20H22N2O7S/c23-16(12-27-17-6-7-18-19(10-17)29-13-28-18)11-21-20(24)14-2-4-15(5-3-14)22-8-1-9-30(22,25)26/h2-7,10,16,23H,1,8-9,11-13H2,(H,21,24). The fraction of sp³-hybridized carbons (Fsp3) is 0.350. The van der Waals surface area contributed by atoms with Crippen molar-refractivity contribution in [3.05, 3.63) is 48.0 Å². The second-order valence-corrected chi connectivity index (χ2v) is 8.99. The van der Waals surface area contributed by atoms with Crippen LogP contribution in [0.4, 0.5) is 5.69 Å². The van der Waals surface area contributed by atoms with Crippen molar-refractivity contribution in [2.45, 2.75) is 12.5 Å². The van der Waals surface area contributed by atoms with Crippen molar-refractivity contribution in [1.82, 2.24) is 5.32 Å². The number of hydrogen-bond acceptors (Lipinski definition) is 7. The van der Waals surface area contributed by atoms with Gasteiger partial charge in [-0.2, -0.15) is 0 Å². The zero-order chi connectivity index (χ0) is 21.1. The van der Waals surface area contributed by atoms with Gasteiger partial charge in [0.05, 0.1) is 11.4 Å². The topological polar surface area (TPSA) is 114 Å². The molecule has 2 aromatic carbocycles. The van der Waals surface area contributed by atoms with Crippen LogP contribution in [0.15, 0.2) is 42.5 Å². The maximum atomic E-state index is 12.3. The Kier molecular flexibility index (Phi) is 5.69. The number of sulfonamides is 1. The van der Waals surface area contributed by atoms with Crippen LogP contribution in [-0.2, 0) is 10.0 Å². The van der Waals surface area contributed by atoms with E-state index in [0.717, 1.165) is 0 Å². The van der Waals surface area contributed by atoms with E-state index in [0.29, 0.717) is 41.5 Å². The highest BCUT2D eigenvalue weighted by molar-refractivity contribution is 7.93. The van der Waals surface area contributed by atoms with Crippen molar-refractivity contribution in [1.29, 1.82) is 0 Å². The first-order valence-corrected chi connectivity index (χ1v) is 11.1. The summed E-state index contributed by atoms with van der Waals surface area (Å²) in [6.45, 7) is 0.614. The smallest absolute Gasteiger partial charge is 0.251 e. The number of aliphatic hydroxyl groups is 1. The van der Waals surface area contributed by atoms with Crippen LogP contribution < -0.4 is 23.8 Å². The molecule has 0 radical (unpaired) electrons. The molecule has 2 aliphatic heterocycles. The third kappa shape index (κ3) is 4.44. The number of benzene rings is 2. The minimum Gasteiger partial charge on any atom is -0.491 e. The molecule has 2 heterocycles. The molecule has 1 unspecified atom stereocenters. The molecule has 0 aromatic heterocycles. The molecule has 0 spiro atoms. The molecule has 0 bridgehead atoms. The fourth-order valence-electron chi connectivity index (χ4n) is 3.24. The van der Waals surface area contributed by atoms with Gasteiger partial charge in [0.15, 0.2) is 11.5 Å². The lowest BCUT2D eigenvalue weighted by Gasteiger charge is -2.17. The van der Waals surface area contributed by atoms with E-state index in [4.69, 9.17) is 14.2 Å². The molecule has 0 aliphatic carbocycles. The highest BCUT2D eigenvalue weighted by Gasteiger charge is 2.28. The first-order chi connectivity index (χ1) is 14.4. The Hall–Kier alpha value is -2.98. The van der Waals surface area contributed by atoms with E-state index in [2.05, 4.69) is 5.32 Å². The Labute approximate surface area is 174 Å². The number of nitrogens with one attached hydrogen (secondary N) is 1. The summed E-state index contributed by atoms with van der Waals surface area (Å²) in [5.41, 5.74) is 0.917.